The molecular weight excluding hydrogens is 345 g/mol. The predicted molar refractivity (Wildman–Crippen MR) is 92.5 cm³/mol. The number of carbonyl (C=O) groups excluding carboxylic acids is 1. The smallest absolute Gasteiger partial charge is 0.392 e. The van der Waals surface area contributed by atoms with E-state index in [1.807, 2.05) is 12.1 Å². The molecule has 3 rings (SSSR count). The molecule has 1 aromatic carbocycles. The van der Waals surface area contributed by atoms with Crippen molar-refractivity contribution in [3.05, 3.63) is 47.7 Å². The second-order valence-electron chi connectivity index (χ2n) is 6.32. The molecule has 1 aromatic heterocycles. The maximum absolute atomic E-state index is 12.9. The van der Waals surface area contributed by atoms with Crippen LogP contribution in [0, 0.1) is 5.92 Å². The highest BCUT2D eigenvalue weighted by atomic mass is 19.4. The third kappa shape index (κ3) is 3.88. The highest BCUT2D eigenvalue weighted by Crippen LogP contribution is 2.40. The van der Waals surface area contributed by atoms with Crippen LogP contribution in [-0.4, -0.2) is 35.3 Å². The summed E-state index contributed by atoms with van der Waals surface area (Å²) in [6.07, 6.45) is -0.692. The molecule has 1 aliphatic carbocycles. The van der Waals surface area contributed by atoms with Gasteiger partial charge in [0.15, 0.2) is 0 Å². The van der Waals surface area contributed by atoms with Crippen LogP contribution in [0.1, 0.15) is 35.2 Å². The number of allylic oxidation sites excluding steroid dienone is 2. The Bertz CT molecular complexity index is 846. The van der Waals surface area contributed by atoms with Crippen molar-refractivity contribution in [1.29, 1.82) is 0 Å². The largest absolute Gasteiger partial charge is 0.395 e. The minimum Gasteiger partial charge on any atom is -0.395 e. The monoisotopic (exact) mass is 364 g/mol. The van der Waals surface area contributed by atoms with Crippen LogP contribution in [0.15, 0.2) is 36.5 Å². The first-order valence-corrected chi connectivity index (χ1v) is 8.44. The van der Waals surface area contributed by atoms with Gasteiger partial charge in [-0.05, 0) is 42.5 Å². The maximum Gasteiger partial charge on any atom is 0.392 e. The van der Waals surface area contributed by atoms with E-state index in [1.165, 1.54) is 6.20 Å². The molecule has 0 radical (unpaired) electrons. The number of rotatable bonds is 4. The van der Waals surface area contributed by atoms with Gasteiger partial charge in [-0.15, -0.1) is 0 Å². The number of aliphatic hydroxyl groups is 1. The van der Waals surface area contributed by atoms with E-state index in [1.54, 1.807) is 18.2 Å². The molecule has 138 valence electrons. The zero-order chi connectivity index (χ0) is 18.7. The van der Waals surface area contributed by atoms with E-state index in [4.69, 9.17) is 5.11 Å². The van der Waals surface area contributed by atoms with Gasteiger partial charge in [0.1, 0.15) is 0 Å². The number of aliphatic hydroxyl groups excluding tert-OH is 1. The van der Waals surface area contributed by atoms with Crippen LogP contribution in [0.4, 0.5) is 13.2 Å². The molecule has 0 spiro atoms. The molecule has 26 heavy (non-hydrogen) atoms. The minimum atomic E-state index is -4.17. The SMILES string of the molecule is O=C(NCCO)c1cnc2cccc(C3=CCC(C(F)(F)F)CC3)c2c1. The van der Waals surface area contributed by atoms with E-state index in [0.717, 1.165) is 16.5 Å². The first kappa shape index (κ1) is 18.4. The lowest BCUT2D eigenvalue weighted by molar-refractivity contribution is -0.175. The number of aromatic nitrogens is 1. The van der Waals surface area contributed by atoms with E-state index in [2.05, 4.69) is 10.3 Å². The molecule has 0 saturated carbocycles. The minimum absolute atomic E-state index is 0.0284. The molecule has 1 unspecified atom stereocenters. The molecule has 1 atom stereocenters. The van der Waals surface area contributed by atoms with Gasteiger partial charge < -0.3 is 10.4 Å². The summed E-state index contributed by atoms with van der Waals surface area (Å²) >= 11 is 0. The van der Waals surface area contributed by atoms with Gasteiger partial charge in [0.25, 0.3) is 5.91 Å². The lowest BCUT2D eigenvalue weighted by Gasteiger charge is -2.24. The van der Waals surface area contributed by atoms with E-state index in [-0.39, 0.29) is 31.9 Å². The third-order valence-electron chi connectivity index (χ3n) is 4.60. The van der Waals surface area contributed by atoms with Crippen LogP contribution in [0.5, 0.6) is 0 Å². The van der Waals surface area contributed by atoms with Gasteiger partial charge in [0.2, 0.25) is 0 Å². The standard InChI is InChI=1S/C19H19F3N2O2/c20-19(21,22)14-6-4-12(5-7-14)15-2-1-3-17-16(15)10-13(11-24-17)18(26)23-8-9-25/h1-4,10-11,14,25H,5-9H2,(H,23,26). The predicted octanol–water partition coefficient (Wildman–Crippen LogP) is 3.70. The average molecular weight is 364 g/mol. The van der Waals surface area contributed by atoms with Gasteiger partial charge in [-0.3, -0.25) is 9.78 Å². The van der Waals surface area contributed by atoms with Crippen LogP contribution in [-0.2, 0) is 0 Å². The molecular formula is C19H19F3N2O2. The first-order valence-electron chi connectivity index (χ1n) is 8.44. The van der Waals surface area contributed by atoms with Crippen LogP contribution in [0.3, 0.4) is 0 Å². The van der Waals surface area contributed by atoms with Crippen LogP contribution >= 0.6 is 0 Å². The normalized spacial score (nSPS) is 17.8. The number of fused-ring (bicyclic) bond motifs is 1. The van der Waals surface area contributed by atoms with Crippen molar-refractivity contribution < 1.29 is 23.1 Å². The van der Waals surface area contributed by atoms with Crippen molar-refractivity contribution >= 4 is 22.4 Å². The fourth-order valence-electron chi connectivity index (χ4n) is 3.20. The number of hydrogen-bond donors (Lipinski definition) is 2. The molecule has 2 N–H and O–H groups in total. The van der Waals surface area contributed by atoms with E-state index in [9.17, 15) is 18.0 Å². The number of amides is 1. The van der Waals surface area contributed by atoms with Crippen LogP contribution in [0.25, 0.3) is 16.5 Å². The topological polar surface area (TPSA) is 62.2 Å². The number of pyridine rings is 1. The molecule has 0 aliphatic heterocycles. The van der Waals surface area contributed by atoms with E-state index >= 15 is 0 Å². The third-order valence-corrected chi connectivity index (χ3v) is 4.60. The Labute approximate surface area is 148 Å². The Balaban J connectivity index is 1.94. The second-order valence-corrected chi connectivity index (χ2v) is 6.32. The summed E-state index contributed by atoms with van der Waals surface area (Å²) in [6.45, 7) is -0.0201. The number of alkyl halides is 3. The summed E-state index contributed by atoms with van der Waals surface area (Å²) in [5, 5.41) is 12.1. The van der Waals surface area contributed by atoms with Crippen molar-refractivity contribution in [1.82, 2.24) is 10.3 Å². The van der Waals surface area contributed by atoms with Crippen molar-refractivity contribution in [3.8, 4) is 0 Å². The second kappa shape index (κ2) is 7.45. The van der Waals surface area contributed by atoms with Gasteiger partial charge >= 0.3 is 6.18 Å². The van der Waals surface area contributed by atoms with Crippen molar-refractivity contribution in [2.45, 2.75) is 25.4 Å². The zero-order valence-electron chi connectivity index (χ0n) is 14.0. The molecule has 1 heterocycles. The quantitative estimate of drug-likeness (QED) is 0.870. The summed E-state index contributed by atoms with van der Waals surface area (Å²) in [7, 11) is 0. The lowest BCUT2D eigenvalue weighted by atomic mass is 9.85. The molecule has 0 bridgehead atoms. The molecule has 0 saturated heterocycles. The van der Waals surface area contributed by atoms with Gasteiger partial charge in [-0.2, -0.15) is 13.2 Å². The number of hydrogen-bond acceptors (Lipinski definition) is 3. The van der Waals surface area contributed by atoms with Crippen molar-refractivity contribution in [2.24, 2.45) is 5.92 Å². The Hall–Kier alpha value is -2.41. The highest BCUT2D eigenvalue weighted by molar-refractivity contribution is 6.00. The van der Waals surface area contributed by atoms with Crippen molar-refractivity contribution in [2.75, 3.05) is 13.2 Å². The van der Waals surface area contributed by atoms with Crippen LogP contribution < -0.4 is 5.32 Å². The molecule has 0 fully saturated rings. The molecule has 4 nitrogen and oxygen atoms in total. The number of carbonyl (C=O) groups is 1. The average Bonchev–Trinajstić information content (AvgIpc) is 2.64. The molecule has 2 aromatic rings. The summed E-state index contributed by atoms with van der Waals surface area (Å²) < 4.78 is 38.6. The maximum atomic E-state index is 12.9. The fourth-order valence-corrected chi connectivity index (χ4v) is 3.20. The number of nitrogens with zero attached hydrogens (tertiary/aromatic N) is 1. The molecule has 1 amide bonds. The number of halogens is 3. The van der Waals surface area contributed by atoms with Crippen molar-refractivity contribution in [3.63, 3.8) is 0 Å². The zero-order valence-corrected chi connectivity index (χ0v) is 14.0. The summed E-state index contributed by atoms with van der Waals surface area (Å²) in [6, 6.07) is 7.16. The van der Waals surface area contributed by atoms with Gasteiger partial charge in [0, 0.05) is 18.1 Å². The Morgan fingerprint density at radius 1 is 1.35 bits per heavy atom. The highest BCUT2D eigenvalue weighted by Gasteiger charge is 2.39. The van der Waals surface area contributed by atoms with Crippen LogP contribution in [0.2, 0.25) is 0 Å². The van der Waals surface area contributed by atoms with Gasteiger partial charge in [-0.25, -0.2) is 0 Å². The molecule has 7 heteroatoms. The van der Waals surface area contributed by atoms with E-state index < -0.39 is 12.1 Å². The fraction of sp³-hybridized carbons (Fsp3) is 0.368. The summed E-state index contributed by atoms with van der Waals surface area (Å²) in [5.41, 5.74) is 2.70. The first-order chi connectivity index (χ1) is 12.4. The van der Waals surface area contributed by atoms with Gasteiger partial charge in [0.05, 0.1) is 23.6 Å². The Kier molecular flexibility index (Phi) is 5.27. The Morgan fingerprint density at radius 3 is 2.81 bits per heavy atom. The number of nitrogens with one attached hydrogen (secondary N) is 1. The number of benzene rings is 1. The summed E-state index contributed by atoms with van der Waals surface area (Å²) in [5.74, 6) is -1.64. The molecule has 1 aliphatic rings. The Morgan fingerprint density at radius 2 is 2.15 bits per heavy atom. The van der Waals surface area contributed by atoms with Gasteiger partial charge in [-0.1, -0.05) is 18.2 Å². The summed E-state index contributed by atoms with van der Waals surface area (Å²) in [4.78, 5) is 16.4. The van der Waals surface area contributed by atoms with E-state index in [0.29, 0.717) is 17.5 Å². The lowest BCUT2D eigenvalue weighted by Crippen LogP contribution is -2.26.